The maximum absolute atomic E-state index is 12.7. The highest BCUT2D eigenvalue weighted by atomic mass is 32.1. The van der Waals surface area contributed by atoms with Crippen molar-refractivity contribution in [2.45, 2.75) is 13.3 Å². The maximum atomic E-state index is 12.7. The van der Waals surface area contributed by atoms with Gasteiger partial charge >= 0.3 is 0 Å². The molecule has 1 heterocycles. The quantitative estimate of drug-likeness (QED) is 0.366. The fourth-order valence-corrected chi connectivity index (χ4v) is 2.69. The lowest BCUT2D eigenvalue weighted by atomic mass is 10.1. The number of hydrogen-bond acceptors (Lipinski definition) is 5. The van der Waals surface area contributed by atoms with Crippen molar-refractivity contribution < 1.29 is 9.59 Å². The summed E-state index contributed by atoms with van der Waals surface area (Å²) in [6.45, 7) is 3.41. The first-order chi connectivity index (χ1) is 11.4. The van der Waals surface area contributed by atoms with Crippen molar-refractivity contribution in [1.29, 1.82) is 0 Å². The summed E-state index contributed by atoms with van der Waals surface area (Å²) in [6.07, 6.45) is 2.30. The normalized spacial score (nSPS) is 18.6. The molecule has 7 heteroatoms. The van der Waals surface area contributed by atoms with Gasteiger partial charge in [0.05, 0.1) is 5.69 Å². The second-order valence-electron chi connectivity index (χ2n) is 6.00. The number of benzene rings is 1. The van der Waals surface area contributed by atoms with Gasteiger partial charge in [0.2, 0.25) is 5.91 Å². The Bertz CT molecular complexity index is 672. The van der Waals surface area contributed by atoms with Gasteiger partial charge in [0.25, 0.3) is 5.91 Å². The van der Waals surface area contributed by atoms with Crippen LogP contribution in [0.15, 0.2) is 29.3 Å². The predicted octanol–water partition coefficient (Wildman–Crippen LogP) is 1.38. The van der Waals surface area contributed by atoms with E-state index in [1.54, 1.807) is 6.07 Å². The molecule has 0 aliphatic carbocycles. The minimum absolute atomic E-state index is 0.104. The Kier molecular flexibility index (Phi) is 6.16. The Morgan fingerprint density at radius 2 is 2.12 bits per heavy atom. The predicted molar refractivity (Wildman–Crippen MR) is 99.4 cm³/mol. The van der Waals surface area contributed by atoms with Gasteiger partial charge in [-0.15, -0.1) is 0 Å². The highest BCUT2D eigenvalue weighted by Gasteiger charge is 2.38. The fraction of sp³-hybridized carbons (Fsp3) is 0.412. The average molecular weight is 346 g/mol. The molecular formula is C17H22N4O2S. The summed E-state index contributed by atoms with van der Waals surface area (Å²) >= 11 is 5.17. The van der Waals surface area contributed by atoms with Crippen LogP contribution in [0.4, 0.5) is 5.69 Å². The second-order valence-corrected chi connectivity index (χ2v) is 6.38. The number of carbonyl (C=O) groups excluding carboxylic acids is 2. The third kappa shape index (κ3) is 4.46. The van der Waals surface area contributed by atoms with Crippen molar-refractivity contribution >= 4 is 41.0 Å². The summed E-state index contributed by atoms with van der Waals surface area (Å²) in [4.78, 5) is 32.5. The molecule has 1 aliphatic heterocycles. The van der Waals surface area contributed by atoms with Crippen molar-refractivity contribution in [2.75, 3.05) is 32.1 Å². The summed E-state index contributed by atoms with van der Waals surface area (Å²) in [7, 11) is 3.98. The van der Waals surface area contributed by atoms with Gasteiger partial charge in [-0.05, 0) is 63.9 Å². The number of anilines is 1. The molecule has 1 aromatic carbocycles. The number of hydrogen-bond donors (Lipinski definition) is 1. The molecule has 128 valence electrons. The molecule has 0 unspecified atom stereocenters. The summed E-state index contributed by atoms with van der Waals surface area (Å²) in [5, 5.41) is 2.69. The van der Waals surface area contributed by atoms with Gasteiger partial charge in [-0.2, -0.15) is 0 Å². The van der Waals surface area contributed by atoms with Gasteiger partial charge in [0.1, 0.15) is 0 Å². The number of amides is 2. The monoisotopic (exact) mass is 346 g/mol. The van der Waals surface area contributed by atoms with E-state index < -0.39 is 11.8 Å². The average Bonchev–Trinajstić information content (AvgIpc) is 2.49. The highest BCUT2D eigenvalue weighted by molar-refractivity contribution is 7.80. The lowest BCUT2D eigenvalue weighted by Gasteiger charge is -2.31. The van der Waals surface area contributed by atoms with Crippen LogP contribution in [-0.2, 0) is 9.59 Å². The molecule has 1 atom stereocenters. The van der Waals surface area contributed by atoms with Gasteiger partial charge in [-0.1, -0.05) is 12.1 Å². The summed E-state index contributed by atoms with van der Waals surface area (Å²) < 4.78 is 0. The zero-order chi connectivity index (χ0) is 17.7. The number of nitrogens with one attached hydrogen (secondary N) is 1. The lowest BCUT2D eigenvalue weighted by molar-refractivity contribution is -0.130. The smallest absolute Gasteiger partial charge is 0.251 e. The summed E-state index contributed by atoms with van der Waals surface area (Å²) in [5.74, 6) is -1.74. The second kappa shape index (κ2) is 8.12. The minimum Gasteiger partial charge on any atom is -0.309 e. The molecule has 0 saturated carbocycles. The van der Waals surface area contributed by atoms with Crippen LogP contribution in [0, 0.1) is 12.8 Å². The van der Waals surface area contributed by atoms with E-state index in [9.17, 15) is 9.59 Å². The minimum atomic E-state index is -0.948. The zero-order valence-corrected chi connectivity index (χ0v) is 15.0. The lowest BCUT2D eigenvalue weighted by Crippen LogP contribution is -2.58. The fourth-order valence-electron chi connectivity index (χ4n) is 2.39. The van der Waals surface area contributed by atoms with Gasteiger partial charge in [-0.25, -0.2) is 0 Å². The summed E-state index contributed by atoms with van der Waals surface area (Å²) in [6, 6.07) is 7.43. The first-order valence-electron chi connectivity index (χ1n) is 7.80. The van der Waals surface area contributed by atoms with Gasteiger partial charge < -0.3 is 10.2 Å². The van der Waals surface area contributed by atoms with Gasteiger partial charge in [0.15, 0.2) is 11.0 Å². The molecule has 1 N–H and O–H groups in total. The number of aliphatic imine (C=N–C) groups is 1. The first kappa shape index (κ1) is 18.2. The topological polar surface area (TPSA) is 65.0 Å². The van der Waals surface area contributed by atoms with E-state index in [0.717, 1.165) is 18.5 Å². The molecule has 24 heavy (non-hydrogen) atoms. The van der Waals surface area contributed by atoms with Crippen LogP contribution in [-0.4, -0.2) is 55.2 Å². The first-order valence-corrected chi connectivity index (χ1v) is 8.21. The van der Waals surface area contributed by atoms with E-state index in [0.29, 0.717) is 12.2 Å². The molecule has 2 amide bonds. The molecule has 1 aromatic rings. The Balaban J connectivity index is 2.12. The van der Waals surface area contributed by atoms with Crippen LogP contribution in [0.25, 0.3) is 0 Å². The molecule has 2 rings (SSSR count). The maximum Gasteiger partial charge on any atom is 0.251 e. The zero-order valence-electron chi connectivity index (χ0n) is 14.2. The molecule has 6 nitrogen and oxygen atoms in total. The molecule has 1 saturated heterocycles. The van der Waals surface area contributed by atoms with E-state index in [1.165, 1.54) is 11.1 Å². The van der Waals surface area contributed by atoms with E-state index in [4.69, 9.17) is 12.2 Å². The molecular weight excluding hydrogens is 324 g/mol. The number of nitrogens with zero attached hydrogens (tertiary/aromatic N) is 3. The van der Waals surface area contributed by atoms with Gasteiger partial charge in [-0.3, -0.25) is 19.5 Å². The van der Waals surface area contributed by atoms with Crippen molar-refractivity contribution in [3.05, 3.63) is 29.8 Å². The van der Waals surface area contributed by atoms with Crippen molar-refractivity contribution in [2.24, 2.45) is 10.9 Å². The Hall–Kier alpha value is -2.12. The molecule has 0 bridgehead atoms. The number of aryl methyl sites for hydroxylation is 1. The van der Waals surface area contributed by atoms with Crippen LogP contribution in [0.2, 0.25) is 0 Å². The van der Waals surface area contributed by atoms with Crippen LogP contribution in [0.1, 0.15) is 12.0 Å². The molecule has 0 spiro atoms. The molecule has 1 aliphatic rings. The Morgan fingerprint density at radius 3 is 2.79 bits per heavy atom. The third-order valence-electron chi connectivity index (χ3n) is 3.61. The van der Waals surface area contributed by atoms with E-state index in [2.05, 4.69) is 15.2 Å². The van der Waals surface area contributed by atoms with Crippen molar-refractivity contribution in [1.82, 2.24) is 10.2 Å². The Labute approximate surface area is 147 Å². The third-order valence-corrected chi connectivity index (χ3v) is 3.89. The van der Waals surface area contributed by atoms with E-state index >= 15 is 0 Å². The highest BCUT2D eigenvalue weighted by Crippen LogP contribution is 2.21. The molecule has 0 aromatic heterocycles. The van der Waals surface area contributed by atoms with E-state index in [-0.39, 0.29) is 11.0 Å². The SMILES string of the molecule is Cc1cccc(N2C(=O)[C@H](C=NCCCN(C)C)C(=O)NC2=S)c1. The number of thiocarbonyl (C=S) groups is 1. The Morgan fingerprint density at radius 1 is 1.38 bits per heavy atom. The van der Waals surface area contributed by atoms with Crippen molar-refractivity contribution in [3.63, 3.8) is 0 Å². The van der Waals surface area contributed by atoms with Crippen molar-refractivity contribution in [3.8, 4) is 0 Å². The number of carbonyl (C=O) groups is 2. The summed E-state index contributed by atoms with van der Waals surface area (Å²) in [5.41, 5.74) is 1.66. The van der Waals surface area contributed by atoms with Gasteiger partial charge in [0, 0.05) is 12.8 Å². The number of rotatable bonds is 6. The largest absolute Gasteiger partial charge is 0.309 e. The molecule has 1 fully saturated rings. The van der Waals surface area contributed by atoms with Crippen LogP contribution in [0.5, 0.6) is 0 Å². The van der Waals surface area contributed by atoms with E-state index in [1.807, 2.05) is 39.2 Å². The standard InChI is InChI=1S/C17H22N4O2S/c1-12-6-4-7-13(10-12)21-16(23)14(15(22)19-17(21)24)11-18-8-5-9-20(2)3/h4,6-7,10-11,14H,5,8-9H2,1-3H3,(H,19,22,24)/t14-/m1/s1. The van der Waals surface area contributed by atoms with Crippen LogP contribution in [0.3, 0.4) is 0 Å². The van der Waals surface area contributed by atoms with Crippen LogP contribution >= 0.6 is 12.2 Å². The van der Waals surface area contributed by atoms with Crippen LogP contribution < -0.4 is 10.2 Å². The molecule has 0 radical (unpaired) electrons.